The number of quaternary nitrogens is 1. The highest BCUT2D eigenvalue weighted by Crippen LogP contribution is 2.49. The zero-order chi connectivity index (χ0) is 25.7. The summed E-state index contributed by atoms with van der Waals surface area (Å²) < 4.78 is 17.1. The number of ether oxygens (including phenoxy) is 3. The molecule has 3 aliphatic rings. The Morgan fingerprint density at radius 2 is 1.76 bits per heavy atom. The number of aromatic nitrogens is 1. The maximum Gasteiger partial charge on any atom is 0.241 e. The first kappa shape index (κ1) is 26.5. The van der Waals surface area contributed by atoms with Gasteiger partial charge in [-0.1, -0.05) is 0 Å². The summed E-state index contributed by atoms with van der Waals surface area (Å²) in [7, 11) is 7.20. The number of hydrogen-bond donors (Lipinski definition) is 1. The Hall–Kier alpha value is -3.07. The molecular formula is C29H35ClN4O4. The van der Waals surface area contributed by atoms with Gasteiger partial charge in [0, 0.05) is 36.7 Å². The van der Waals surface area contributed by atoms with Crippen LogP contribution in [0.3, 0.4) is 0 Å². The SMILES string of the molecule is COc1ccc2c(c1)CCc1c-2nc2cc(OC)c(OC)c3c2c1CCN3C(=O)CN1CC[NH+](C)CC1.[Cl-]. The third-order valence-corrected chi connectivity index (χ3v) is 8.24. The molecule has 0 atom stereocenters. The van der Waals surface area contributed by atoms with Gasteiger partial charge >= 0.3 is 0 Å². The molecule has 0 spiro atoms. The zero-order valence-electron chi connectivity index (χ0n) is 22.5. The molecule has 1 aromatic heterocycles. The third-order valence-electron chi connectivity index (χ3n) is 8.24. The molecule has 9 heteroatoms. The Morgan fingerprint density at radius 1 is 0.974 bits per heavy atom. The number of amides is 1. The number of pyridine rings is 1. The van der Waals surface area contributed by atoms with Gasteiger partial charge in [0.15, 0.2) is 11.5 Å². The minimum atomic E-state index is 0. The number of carbonyl (C=O) groups excluding carboxylic acids is 1. The van der Waals surface area contributed by atoms with Crippen LogP contribution in [0.15, 0.2) is 24.3 Å². The Labute approximate surface area is 229 Å². The number of hydrogen-bond acceptors (Lipinski definition) is 6. The van der Waals surface area contributed by atoms with E-state index >= 15 is 0 Å². The monoisotopic (exact) mass is 538 g/mol. The highest BCUT2D eigenvalue weighted by atomic mass is 35.5. The quantitative estimate of drug-likeness (QED) is 0.438. The van der Waals surface area contributed by atoms with Crippen LogP contribution in [0.1, 0.15) is 16.7 Å². The molecule has 0 unspecified atom stereocenters. The van der Waals surface area contributed by atoms with E-state index in [0.29, 0.717) is 24.6 Å². The van der Waals surface area contributed by atoms with E-state index in [0.717, 1.165) is 79.0 Å². The highest BCUT2D eigenvalue weighted by Gasteiger charge is 2.34. The van der Waals surface area contributed by atoms with Crippen LogP contribution >= 0.6 is 0 Å². The summed E-state index contributed by atoms with van der Waals surface area (Å²) in [6.07, 6.45) is 2.66. The largest absolute Gasteiger partial charge is 1.00 e. The first-order valence-electron chi connectivity index (χ1n) is 13.1. The molecule has 3 aromatic rings. The van der Waals surface area contributed by atoms with E-state index in [-0.39, 0.29) is 18.3 Å². The van der Waals surface area contributed by atoms with Crippen LogP contribution in [0.2, 0.25) is 0 Å². The lowest BCUT2D eigenvalue weighted by Gasteiger charge is -2.36. The van der Waals surface area contributed by atoms with Crippen molar-refractivity contribution in [3.8, 4) is 28.5 Å². The van der Waals surface area contributed by atoms with Gasteiger partial charge < -0.3 is 36.4 Å². The van der Waals surface area contributed by atoms with Gasteiger partial charge in [-0.2, -0.15) is 0 Å². The zero-order valence-corrected chi connectivity index (χ0v) is 23.3. The maximum absolute atomic E-state index is 13.7. The summed E-state index contributed by atoms with van der Waals surface area (Å²) in [6.45, 7) is 5.03. The second-order valence-corrected chi connectivity index (χ2v) is 10.3. The number of aryl methyl sites for hydroxylation is 1. The highest BCUT2D eigenvalue weighted by molar-refractivity contribution is 6.10. The summed E-state index contributed by atoms with van der Waals surface area (Å²) in [5.41, 5.74) is 7.66. The van der Waals surface area contributed by atoms with Gasteiger partial charge in [-0.25, -0.2) is 4.98 Å². The van der Waals surface area contributed by atoms with E-state index in [1.165, 1.54) is 21.6 Å². The minimum Gasteiger partial charge on any atom is -1.00 e. The fraction of sp³-hybridized carbons (Fsp3) is 0.448. The minimum absolute atomic E-state index is 0. The summed E-state index contributed by atoms with van der Waals surface area (Å²) in [5.74, 6) is 2.18. The van der Waals surface area contributed by atoms with Crippen molar-refractivity contribution in [2.75, 3.05) is 72.5 Å². The maximum atomic E-state index is 13.7. The molecular weight excluding hydrogens is 504 g/mol. The number of carbonyl (C=O) groups is 1. The molecule has 202 valence electrons. The van der Waals surface area contributed by atoms with Crippen LogP contribution in [0.25, 0.3) is 22.2 Å². The predicted octanol–water partition coefficient (Wildman–Crippen LogP) is -1.25. The van der Waals surface area contributed by atoms with Crippen molar-refractivity contribution >= 4 is 22.5 Å². The van der Waals surface area contributed by atoms with Gasteiger partial charge in [0.1, 0.15) is 5.75 Å². The van der Waals surface area contributed by atoms with Crippen molar-refractivity contribution in [2.24, 2.45) is 0 Å². The van der Waals surface area contributed by atoms with Crippen molar-refractivity contribution < 1.29 is 36.3 Å². The molecule has 38 heavy (non-hydrogen) atoms. The third kappa shape index (κ3) is 4.34. The van der Waals surface area contributed by atoms with E-state index in [9.17, 15) is 4.79 Å². The molecule has 8 nitrogen and oxygen atoms in total. The smallest absolute Gasteiger partial charge is 0.241 e. The molecule has 0 bridgehead atoms. The second-order valence-electron chi connectivity index (χ2n) is 10.3. The van der Waals surface area contributed by atoms with Crippen LogP contribution < -0.4 is 36.4 Å². The van der Waals surface area contributed by atoms with Crippen molar-refractivity contribution in [2.45, 2.75) is 19.3 Å². The van der Waals surface area contributed by atoms with Crippen LogP contribution in [0.4, 0.5) is 5.69 Å². The number of nitrogens with zero attached hydrogens (tertiary/aromatic N) is 3. The Kier molecular flexibility index (Phi) is 7.40. The number of rotatable bonds is 5. The van der Waals surface area contributed by atoms with E-state index in [4.69, 9.17) is 19.2 Å². The fourth-order valence-corrected chi connectivity index (χ4v) is 6.20. The molecule has 0 radical (unpaired) electrons. The Morgan fingerprint density at radius 3 is 2.47 bits per heavy atom. The normalized spacial score (nSPS) is 16.9. The van der Waals surface area contributed by atoms with Gasteiger partial charge in [0.2, 0.25) is 5.91 Å². The van der Waals surface area contributed by atoms with Gasteiger partial charge in [-0.15, -0.1) is 0 Å². The summed E-state index contributed by atoms with van der Waals surface area (Å²) in [5, 5.41) is 1.02. The summed E-state index contributed by atoms with van der Waals surface area (Å²) in [6, 6.07) is 8.20. The van der Waals surface area contributed by atoms with Crippen molar-refractivity contribution in [3.63, 3.8) is 0 Å². The molecule has 1 saturated heterocycles. The average Bonchev–Trinajstić information content (AvgIpc) is 2.93. The molecule has 1 N–H and O–H groups in total. The second kappa shape index (κ2) is 10.6. The average molecular weight is 539 g/mol. The molecule has 0 saturated carbocycles. The molecule has 2 aliphatic heterocycles. The van der Waals surface area contributed by atoms with Crippen molar-refractivity contribution in [1.29, 1.82) is 0 Å². The van der Waals surface area contributed by atoms with E-state index in [1.807, 2.05) is 17.0 Å². The number of piperazine rings is 1. The summed E-state index contributed by atoms with van der Waals surface area (Å²) in [4.78, 5) is 24.6. The van der Waals surface area contributed by atoms with E-state index < -0.39 is 0 Å². The number of anilines is 1. The van der Waals surface area contributed by atoms with Crippen molar-refractivity contribution in [1.82, 2.24) is 9.88 Å². The van der Waals surface area contributed by atoms with Gasteiger partial charge in [-0.05, 0) is 54.2 Å². The molecule has 1 amide bonds. The lowest BCUT2D eigenvalue weighted by Crippen LogP contribution is -3.12. The number of halogens is 1. The number of methoxy groups -OCH3 is 3. The van der Waals surface area contributed by atoms with Crippen LogP contribution in [-0.2, 0) is 24.1 Å². The molecule has 1 aliphatic carbocycles. The van der Waals surface area contributed by atoms with E-state index in [1.54, 1.807) is 21.3 Å². The first-order chi connectivity index (χ1) is 18.0. The molecule has 6 rings (SSSR count). The molecule has 3 heterocycles. The van der Waals surface area contributed by atoms with Gasteiger partial charge in [0.25, 0.3) is 0 Å². The topological polar surface area (TPSA) is 68.6 Å². The predicted molar refractivity (Wildman–Crippen MR) is 143 cm³/mol. The van der Waals surface area contributed by atoms with Crippen molar-refractivity contribution in [3.05, 3.63) is 41.0 Å². The fourth-order valence-electron chi connectivity index (χ4n) is 6.20. The Balaban J connectivity index is 0.00000294. The summed E-state index contributed by atoms with van der Waals surface area (Å²) >= 11 is 0. The number of nitrogens with one attached hydrogen (secondary N) is 1. The lowest BCUT2D eigenvalue weighted by molar-refractivity contribution is -0.884. The van der Waals surface area contributed by atoms with Gasteiger partial charge in [0.05, 0.1) is 64.9 Å². The Bertz CT molecular complexity index is 1390. The lowest BCUT2D eigenvalue weighted by atomic mass is 9.83. The number of fused-ring (bicyclic) bond motifs is 4. The molecule has 2 aromatic carbocycles. The standard InChI is InChI=1S/C29H34N4O4.ClH/c1-31-11-13-32(14-12-31)17-25(34)33-10-9-21-22-7-5-18-15-19(35-2)6-8-20(18)27(22)30-23-16-24(36-3)29(37-4)28(33)26(21)23;/h6,8,15-16H,5,7,9-14,17H2,1-4H3;1H. The van der Waals surface area contributed by atoms with E-state index in [2.05, 4.69) is 24.1 Å². The number of benzene rings is 2. The first-order valence-corrected chi connectivity index (χ1v) is 13.1. The van der Waals surface area contributed by atoms with Crippen LogP contribution in [-0.4, -0.2) is 83.4 Å². The van der Waals surface area contributed by atoms with Crippen LogP contribution in [0, 0.1) is 0 Å². The molecule has 1 fully saturated rings. The number of likely N-dealkylation sites (N-methyl/N-ethyl adjacent to an activating group) is 1. The van der Waals surface area contributed by atoms with Gasteiger partial charge in [-0.3, -0.25) is 9.69 Å². The van der Waals surface area contributed by atoms with Crippen LogP contribution in [0.5, 0.6) is 17.2 Å².